The number of imidazole rings is 1. The highest BCUT2D eigenvalue weighted by Crippen LogP contribution is 2.44. The van der Waals surface area contributed by atoms with Gasteiger partial charge >= 0.3 is 0 Å². The maximum Gasteiger partial charge on any atom is 0.257 e. The SMILES string of the molecule is CC12CCC(=O)N1c1ccccc1C(=O)N2CCC(=O)N1CCCC(c2nc3ccccc3[nH]2)C1. The predicted octanol–water partition coefficient (Wildman–Crippen LogP) is 3.66. The highest BCUT2D eigenvalue weighted by molar-refractivity contribution is 6.10. The molecule has 3 aromatic rings. The maximum atomic E-state index is 13.4. The number of piperidine rings is 1. The summed E-state index contributed by atoms with van der Waals surface area (Å²) >= 11 is 0. The summed E-state index contributed by atoms with van der Waals surface area (Å²) in [7, 11) is 0. The lowest BCUT2D eigenvalue weighted by Gasteiger charge is -2.48. The molecule has 3 amide bonds. The van der Waals surface area contributed by atoms with Crippen LogP contribution in [0.15, 0.2) is 48.5 Å². The van der Waals surface area contributed by atoms with Gasteiger partial charge in [0.05, 0.1) is 22.3 Å². The van der Waals surface area contributed by atoms with E-state index in [9.17, 15) is 14.4 Å². The van der Waals surface area contributed by atoms with Gasteiger partial charge in [-0.05, 0) is 50.5 Å². The van der Waals surface area contributed by atoms with E-state index in [-0.39, 0.29) is 36.6 Å². The molecule has 0 spiro atoms. The Kier molecular flexibility index (Phi) is 5.12. The van der Waals surface area contributed by atoms with Crippen molar-refractivity contribution in [3.63, 3.8) is 0 Å². The Labute approximate surface area is 203 Å². The first-order valence-corrected chi connectivity index (χ1v) is 12.4. The van der Waals surface area contributed by atoms with E-state index >= 15 is 0 Å². The smallest absolute Gasteiger partial charge is 0.257 e. The molecule has 1 N–H and O–H groups in total. The lowest BCUT2D eigenvalue weighted by atomic mass is 9.96. The number of para-hydroxylation sites is 3. The first kappa shape index (κ1) is 21.8. The van der Waals surface area contributed by atoms with Crippen LogP contribution >= 0.6 is 0 Å². The molecule has 0 bridgehead atoms. The fraction of sp³-hybridized carbons (Fsp3) is 0.407. The molecule has 3 aliphatic heterocycles. The zero-order valence-electron chi connectivity index (χ0n) is 19.9. The van der Waals surface area contributed by atoms with Gasteiger partial charge in [0.2, 0.25) is 11.8 Å². The number of carbonyl (C=O) groups is 3. The van der Waals surface area contributed by atoms with Crippen LogP contribution in [0, 0.1) is 0 Å². The summed E-state index contributed by atoms with van der Waals surface area (Å²) in [6.45, 7) is 3.57. The van der Waals surface area contributed by atoms with Gasteiger partial charge in [-0.25, -0.2) is 4.98 Å². The van der Waals surface area contributed by atoms with Gasteiger partial charge in [0.1, 0.15) is 11.5 Å². The van der Waals surface area contributed by atoms with Crippen LogP contribution in [0.5, 0.6) is 0 Å². The van der Waals surface area contributed by atoms with Crippen molar-refractivity contribution in [2.24, 2.45) is 0 Å². The van der Waals surface area contributed by atoms with Crippen LogP contribution in [0.1, 0.15) is 61.1 Å². The predicted molar refractivity (Wildman–Crippen MR) is 132 cm³/mol. The van der Waals surface area contributed by atoms with Crippen LogP contribution in [-0.2, 0) is 9.59 Å². The topological polar surface area (TPSA) is 89.6 Å². The molecule has 0 aliphatic carbocycles. The molecule has 6 rings (SSSR count). The number of carbonyl (C=O) groups excluding carboxylic acids is 3. The summed E-state index contributed by atoms with van der Waals surface area (Å²) in [5, 5.41) is 0. The fourth-order valence-corrected chi connectivity index (χ4v) is 6.00. The van der Waals surface area contributed by atoms with Gasteiger partial charge in [-0.3, -0.25) is 19.3 Å². The Bertz CT molecular complexity index is 1300. The standard InChI is InChI=1S/C27H29N5O3/c1-27-14-12-24(34)32(27)22-11-5-2-8-19(22)26(35)31(27)16-13-23(33)30-15-6-7-18(17-30)25-28-20-9-3-4-10-21(20)29-25/h2-5,8-11,18H,6-7,12-17H2,1H3,(H,28,29). The molecule has 2 saturated heterocycles. The number of benzene rings is 2. The summed E-state index contributed by atoms with van der Waals surface area (Å²) in [5.74, 6) is 1.05. The summed E-state index contributed by atoms with van der Waals surface area (Å²) in [4.78, 5) is 53.0. The second-order valence-electron chi connectivity index (χ2n) is 9.99. The average Bonchev–Trinajstić information content (AvgIpc) is 3.45. The average molecular weight is 472 g/mol. The molecule has 2 fully saturated rings. The van der Waals surface area contributed by atoms with Gasteiger partial charge in [-0.2, -0.15) is 0 Å². The highest BCUT2D eigenvalue weighted by Gasteiger charge is 2.52. The number of rotatable bonds is 4. The van der Waals surface area contributed by atoms with Crippen molar-refractivity contribution in [2.75, 3.05) is 24.5 Å². The van der Waals surface area contributed by atoms with Crippen LogP contribution in [0.2, 0.25) is 0 Å². The van der Waals surface area contributed by atoms with Gasteiger partial charge in [0.25, 0.3) is 5.91 Å². The van der Waals surface area contributed by atoms with Gasteiger partial charge in [0, 0.05) is 38.4 Å². The van der Waals surface area contributed by atoms with Crippen molar-refractivity contribution >= 4 is 34.4 Å². The number of likely N-dealkylation sites (tertiary alicyclic amines) is 1. The molecule has 2 aromatic carbocycles. The molecule has 2 unspecified atom stereocenters. The molecule has 1 aromatic heterocycles. The van der Waals surface area contributed by atoms with Crippen molar-refractivity contribution in [3.05, 3.63) is 59.9 Å². The molecular formula is C27H29N5O3. The Morgan fingerprint density at radius 1 is 1.14 bits per heavy atom. The molecule has 2 atom stereocenters. The number of nitrogens with zero attached hydrogens (tertiary/aromatic N) is 4. The Hall–Kier alpha value is -3.68. The van der Waals surface area contributed by atoms with E-state index in [4.69, 9.17) is 4.98 Å². The molecule has 8 heteroatoms. The lowest BCUT2D eigenvalue weighted by molar-refractivity contribution is -0.132. The van der Waals surface area contributed by atoms with Gasteiger partial charge < -0.3 is 14.8 Å². The van der Waals surface area contributed by atoms with Crippen LogP contribution in [-0.4, -0.2) is 62.8 Å². The third-order valence-corrected chi connectivity index (χ3v) is 7.86. The minimum absolute atomic E-state index is 0.0217. The molecule has 8 nitrogen and oxygen atoms in total. The van der Waals surface area contributed by atoms with Crippen LogP contribution < -0.4 is 4.90 Å². The first-order chi connectivity index (χ1) is 17.0. The minimum Gasteiger partial charge on any atom is -0.342 e. The molecule has 3 aliphatic rings. The monoisotopic (exact) mass is 471 g/mol. The summed E-state index contributed by atoms with van der Waals surface area (Å²) in [6.07, 6.45) is 3.10. The Morgan fingerprint density at radius 3 is 2.80 bits per heavy atom. The number of anilines is 1. The molecule has 0 radical (unpaired) electrons. The molecule has 35 heavy (non-hydrogen) atoms. The number of hydrogen-bond donors (Lipinski definition) is 1. The number of H-pyrrole nitrogens is 1. The van der Waals surface area contributed by atoms with Crippen molar-refractivity contribution in [1.29, 1.82) is 0 Å². The van der Waals surface area contributed by atoms with Crippen molar-refractivity contribution in [1.82, 2.24) is 19.8 Å². The van der Waals surface area contributed by atoms with Crippen LogP contribution in [0.4, 0.5) is 5.69 Å². The molecular weight excluding hydrogens is 442 g/mol. The number of aromatic amines is 1. The number of aromatic nitrogens is 2. The number of nitrogens with one attached hydrogen (secondary N) is 1. The van der Waals surface area contributed by atoms with E-state index in [1.54, 1.807) is 15.9 Å². The van der Waals surface area contributed by atoms with E-state index in [0.29, 0.717) is 37.2 Å². The van der Waals surface area contributed by atoms with E-state index in [1.807, 2.05) is 54.3 Å². The van der Waals surface area contributed by atoms with Crippen molar-refractivity contribution in [2.45, 2.75) is 50.6 Å². The minimum atomic E-state index is -0.735. The van der Waals surface area contributed by atoms with Gasteiger partial charge in [-0.1, -0.05) is 24.3 Å². The quantitative estimate of drug-likeness (QED) is 0.629. The number of amides is 3. The normalized spacial score (nSPS) is 24.1. The van der Waals surface area contributed by atoms with E-state index in [0.717, 1.165) is 29.7 Å². The van der Waals surface area contributed by atoms with E-state index in [2.05, 4.69) is 4.98 Å². The third kappa shape index (κ3) is 3.50. The lowest BCUT2D eigenvalue weighted by Crippen LogP contribution is -2.62. The number of fused-ring (bicyclic) bond motifs is 4. The zero-order valence-corrected chi connectivity index (χ0v) is 19.9. The summed E-state index contributed by atoms with van der Waals surface area (Å²) < 4.78 is 0. The second-order valence-corrected chi connectivity index (χ2v) is 9.99. The third-order valence-electron chi connectivity index (χ3n) is 7.86. The second kappa shape index (κ2) is 8.22. The molecule has 4 heterocycles. The molecule has 180 valence electrons. The molecule has 0 saturated carbocycles. The summed E-state index contributed by atoms with van der Waals surface area (Å²) in [6, 6.07) is 15.2. The van der Waals surface area contributed by atoms with Crippen molar-refractivity contribution < 1.29 is 14.4 Å². The fourth-order valence-electron chi connectivity index (χ4n) is 6.00. The van der Waals surface area contributed by atoms with E-state index < -0.39 is 5.66 Å². The van der Waals surface area contributed by atoms with Gasteiger partial charge in [-0.15, -0.1) is 0 Å². The largest absolute Gasteiger partial charge is 0.342 e. The van der Waals surface area contributed by atoms with Crippen LogP contribution in [0.3, 0.4) is 0 Å². The van der Waals surface area contributed by atoms with Crippen LogP contribution in [0.25, 0.3) is 11.0 Å². The van der Waals surface area contributed by atoms with Crippen molar-refractivity contribution in [3.8, 4) is 0 Å². The number of hydrogen-bond acceptors (Lipinski definition) is 4. The highest BCUT2D eigenvalue weighted by atomic mass is 16.2. The zero-order chi connectivity index (χ0) is 24.2. The Morgan fingerprint density at radius 2 is 1.94 bits per heavy atom. The maximum absolute atomic E-state index is 13.4. The Balaban J connectivity index is 1.18. The van der Waals surface area contributed by atoms with E-state index in [1.165, 1.54) is 0 Å². The first-order valence-electron chi connectivity index (χ1n) is 12.4. The van der Waals surface area contributed by atoms with Gasteiger partial charge in [0.15, 0.2) is 0 Å². The summed E-state index contributed by atoms with van der Waals surface area (Å²) in [5.41, 5.74) is 2.42.